The molecule has 7 heteroatoms. The second kappa shape index (κ2) is 6.56. The Bertz CT molecular complexity index is 707. The molecule has 0 fully saturated rings. The van der Waals surface area contributed by atoms with Gasteiger partial charge in [-0.15, -0.1) is 0 Å². The van der Waals surface area contributed by atoms with E-state index < -0.39 is 5.97 Å². The zero-order valence-corrected chi connectivity index (χ0v) is 13.9. The van der Waals surface area contributed by atoms with Gasteiger partial charge in [-0.25, -0.2) is 4.79 Å². The fourth-order valence-corrected chi connectivity index (χ4v) is 2.41. The third kappa shape index (κ3) is 3.61. The molecule has 0 amide bonds. The predicted molar refractivity (Wildman–Crippen MR) is 86.4 cm³/mol. The Balaban J connectivity index is 2.53. The van der Waals surface area contributed by atoms with Crippen LogP contribution in [0.3, 0.4) is 0 Å². The molecule has 0 aliphatic carbocycles. The van der Waals surface area contributed by atoms with Crippen molar-refractivity contribution in [1.29, 1.82) is 0 Å². The molecule has 0 unspecified atom stereocenters. The lowest BCUT2D eigenvalue weighted by atomic mass is 10.1. The van der Waals surface area contributed by atoms with Gasteiger partial charge in [0.25, 0.3) is 0 Å². The smallest absolute Gasteiger partial charge is 0.341 e. The van der Waals surface area contributed by atoms with Crippen molar-refractivity contribution in [2.24, 2.45) is 0 Å². The average molecular weight is 391 g/mol. The first-order valence-electron chi connectivity index (χ1n) is 5.72. The van der Waals surface area contributed by atoms with Gasteiger partial charge in [-0.05, 0) is 30.3 Å². The van der Waals surface area contributed by atoms with E-state index in [4.69, 9.17) is 38.4 Å². The van der Waals surface area contributed by atoms with Crippen LogP contribution < -0.4 is 10.5 Å². The summed E-state index contributed by atoms with van der Waals surface area (Å²) in [6, 6.07) is 8.00. The number of hydrogen-bond acceptors (Lipinski definition) is 4. The van der Waals surface area contributed by atoms with Crippen molar-refractivity contribution in [3.63, 3.8) is 0 Å². The van der Waals surface area contributed by atoms with Crippen molar-refractivity contribution >= 4 is 50.8 Å². The molecule has 0 spiro atoms. The van der Waals surface area contributed by atoms with Crippen molar-refractivity contribution in [3.05, 3.63) is 50.4 Å². The van der Waals surface area contributed by atoms with Crippen LogP contribution >= 0.6 is 39.1 Å². The lowest BCUT2D eigenvalue weighted by Gasteiger charge is -2.13. The molecule has 0 aromatic heterocycles. The molecular weight excluding hydrogens is 381 g/mol. The summed E-state index contributed by atoms with van der Waals surface area (Å²) in [5.74, 6) is -0.120. The van der Waals surface area contributed by atoms with Crippen LogP contribution in [0.25, 0.3) is 0 Å². The molecule has 0 aliphatic rings. The largest absolute Gasteiger partial charge is 0.465 e. The number of methoxy groups -OCH3 is 1. The van der Waals surface area contributed by atoms with Gasteiger partial charge in [0.1, 0.15) is 11.3 Å². The molecule has 110 valence electrons. The second-order valence-electron chi connectivity index (χ2n) is 4.05. The zero-order valence-electron chi connectivity index (χ0n) is 10.8. The second-order valence-corrected chi connectivity index (χ2v) is 5.78. The van der Waals surface area contributed by atoms with Gasteiger partial charge < -0.3 is 15.2 Å². The monoisotopic (exact) mass is 389 g/mol. The molecule has 0 saturated carbocycles. The maximum Gasteiger partial charge on any atom is 0.341 e. The molecular formula is C14H10BrCl2NO3. The van der Waals surface area contributed by atoms with Crippen LogP contribution in [0.1, 0.15) is 10.4 Å². The summed E-state index contributed by atoms with van der Waals surface area (Å²) in [6.45, 7) is 0. The molecule has 0 radical (unpaired) electrons. The molecule has 0 saturated heterocycles. The van der Waals surface area contributed by atoms with Crippen molar-refractivity contribution in [3.8, 4) is 11.5 Å². The molecule has 0 bridgehead atoms. The number of nitrogen functional groups attached to an aromatic ring is 1. The summed E-state index contributed by atoms with van der Waals surface area (Å²) in [7, 11) is 1.26. The summed E-state index contributed by atoms with van der Waals surface area (Å²) in [6.07, 6.45) is 0. The van der Waals surface area contributed by atoms with Gasteiger partial charge in [0.2, 0.25) is 0 Å². The molecule has 2 aromatic carbocycles. The van der Waals surface area contributed by atoms with Crippen molar-refractivity contribution < 1.29 is 14.3 Å². The van der Waals surface area contributed by atoms with Crippen molar-refractivity contribution in [1.82, 2.24) is 0 Å². The number of esters is 1. The van der Waals surface area contributed by atoms with E-state index in [-0.39, 0.29) is 16.3 Å². The van der Waals surface area contributed by atoms with Gasteiger partial charge in [-0.2, -0.15) is 0 Å². The molecule has 0 heterocycles. The Kier molecular flexibility index (Phi) is 4.98. The SMILES string of the molecule is COC(=O)c1cc(N)cc(Cl)c1Oc1cc(Br)ccc1Cl. The summed E-state index contributed by atoms with van der Waals surface area (Å²) < 4.78 is 11.2. The number of ether oxygens (including phenoxy) is 2. The van der Waals surface area contributed by atoms with Gasteiger partial charge in [0.05, 0.1) is 17.2 Å². The minimum atomic E-state index is -0.606. The van der Waals surface area contributed by atoms with Crippen LogP contribution in [0, 0.1) is 0 Å². The number of anilines is 1. The predicted octanol–water partition coefficient (Wildman–Crippen LogP) is 4.92. The van der Waals surface area contributed by atoms with E-state index in [1.807, 2.05) is 0 Å². The Labute approximate surface area is 139 Å². The molecule has 4 nitrogen and oxygen atoms in total. The standard InChI is InChI=1S/C14H10BrCl2NO3/c1-20-14(19)9-5-8(18)6-11(17)13(9)21-12-4-7(15)2-3-10(12)16/h2-6H,18H2,1H3. The number of hydrogen-bond donors (Lipinski definition) is 1. The summed E-state index contributed by atoms with van der Waals surface area (Å²) >= 11 is 15.5. The highest BCUT2D eigenvalue weighted by molar-refractivity contribution is 9.10. The minimum absolute atomic E-state index is 0.124. The first kappa shape index (κ1) is 15.9. The number of carbonyl (C=O) groups excluding carboxylic acids is 1. The lowest BCUT2D eigenvalue weighted by molar-refractivity contribution is 0.0598. The molecule has 2 N–H and O–H groups in total. The van der Waals surface area contributed by atoms with Gasteiger partial charge in [-0.3, -0.25) is 0 Å². The van der Waals surface area contributed by atoms with E-state index in [0.717, 1.165) is 4.47 Å². The number of benzene rings is 2. The maximum absolute atomic E-state index is 11.8. The van der Waals surface area contributed by atoms with Crippen LogP contribution in [0.4, 0.5) is 5.69 Å². The summed E-state index contributed by atoms with van der Waals surface area (Å²) in [5, 5.41) is 0.563. The normalized spacial score (nSPS) is 10.3. The van der Waals surface area contributed by atoms with Crippen molar-refractivity contribution in [2.75, 3.05) is 12.8 Å². The molecule has 0 atom stereocenters. The van der Waals surface area contributed by atoms with Gasteiger partial charge in [0.15, 0.2) is 5.75 Å². The Morgan fingerprint density at radius 1 is 1.19 bits per heavy atom. The highest BCUT2D eigenvalue weighted by Gasteiger charge is 2.19. The van der Waals surface area contributed by atoms with E-state index in [1.54, 1.807) is 18.2 Å². The van der Waals surface area contributed by atoms with Gasteiger partial charge >= 0.3 is 5.97 Å². The number of nitrogens with two attached hydrogens (primary N) is 1. The number of rotatable bonds is 3. The van der Waals surface area contributed by atoms with Crippen LogP contribution in [0.15, 0.2) is 34.8 Å². The highest BCUT2D eigenvalue weighted by Crippen LogP contribution is 2.38. The molecule has 21 heavy (non-hydrogen) atoms. The Morgan fingerprint density at radius 3 is 2.57 bits per heavy atom. The van der Waals surface area contributed by atoms with E-state index in [0.29, 0.717) is 16.5 Å². The van der Waals surface area contributed by atoms with Crippen LogP contribution in [0.2, 0.25) is 10.0 Å². The minimum Gasteiger partial charge on any atom is -0.465 e. The fraction of sp³-hybridized carbons (Fsp3) is 0.0714. The molecule has 0 aliphatic heterocycles. The third-order valence-corrected chi connectivity index (χ3v) is 3.66. The molecule has 2 aromatic rings. The van der Waals surface area contributed by atoms with Gasteiger partial charge in [-0.1, -0.05) is 39.1 Å². The van der Waals surface area contributed by atoms with Crippen molar-refractivity contribution in [2.45, 2.75) is 0 Å². The fourth-order valence-electron chi connectivity index (χ4n) is 1.65. The van der Waals surface area contributed by atoms with E-state index in [2.05, 4.69) is 15.9 Å². The summed E-state index contributed by atoms with van der Waals surface area (Å²) in [4.78, 5) is 11.8. The van der Waals surface area contributed by atoms with E-state index in [1.165, 1.54) is 19.2 Å². The number of halogens is 3. The first-order valence-corrected chi connectivity index (χ1v) is 7.27. The highest BCUT2D eigenvalue weighted by atomic mass is 79.9. The molecule has 2 rings (SSSR count). The Morgan fingerprint density at radius 2 is 1.90 bits per heavy atom. The van der Waals surface area contributed by atoms with E-state index >= 15 is 0 Å². The van der Waals surface area contributed by atoms with Crippen LogP contribution in [0.5, 0.6) is 11.5 Å². The maximum atomic E-state index is 11.8. The average Bonchev–Trinajstić information content (AvgIpc) is 2.44. The quantitative estimate of drug-likeness (QED) is 0.596. The van der Waals surface area contributed by atoms with Crippen LogP contribution in [-0.2, 0) is 4.74 Å². The van der Waals surface area contributed by atoms with Gasteiger partial charge in [0, 0.05) is 10.2 Å². The summed E-state index contributed by atoms with van der Waals surface area (Å²) in [5.41, 5.74) is 6.14. The number of carbonyl (C=O) groups is 1. The third-order valence-electron chi connectivity index (χ3n) is 2.58. The Hall–Kier alpha value is -1.43. The topological polar surface area (TPSA) is 61.5 Å². The first-order chi connectivity index (χ1) is 9.92. The lowest BCUT2D eigenvalue weighted by Crippen LogP contribution is -2.05. The van der Waals surface area contributed by atoms with E-state index in [9.17, 15) is 4.79 Å². The zero-order chi connectivity index (χ0) is 15.6. The van der Waals surface area contributed by atoms with Crippen LogP contribution in [-0.4, -0.2) is 13.1 Å².